The van der Waals surface area contributed by atoms with Gasteiger partial charge in [-0.25, -0.2) is 13.2 Å². The second kappa shape index (κ2) is 7.85. The van der Waals surface area contributed by atoms with Gasteiger partial charge in [0.15, 0.2) is 9.84 Å². The van der Waals surface area contributed by atoms with E-state index >= 15 is 0 Å². The molecule has 8 heteroatoms. The third-order valence-electron chi connectivity index (χ3n) is 4.39. The molecular weight excluding hydrogens is 380 g/mol. The first-order chi connectivity index (χ1) is 13.4. The number of benzene rings is 2. The average Bonchev–Trinajstić information content (AvgIpc) is 3.06. The summed E-state index contributed by atoms with van der Waals surface area (Å²) in [5.74, 6) is -0.756. The largest absolute Gasteiger partial charge is 0.465 e. The van der Waals surface area contributed by atoms with Gasteiger partial charge >= 0.3 is 5.97 Å². The monoisotopic (exact) mass is 400 g/mol. The summed E-state index contributed by atoms with van der Waals surface area (Å²) in [5.41, 5.74) is 1.62. The number of methoxy groups -OCH3 is 1. The lowest BCUT2D eigenvalue weighted by atomic mass is 10.2. The van der Waals surface area contributed by atoms with Crippen LogP contribution in [-0.4, -0.2) is 37.7 Å². The van der Waals surface area contributed by atoms with Crippen LogP contribution in [0, 0.1) is 0 Å². The number of nitrogens with zero attached hydrogens (tertiary/aromatic N) is 1. The minimum atomic E-state index is -3.28. The maximum atomic E-state index is 12.4. The number of ether oxygens (including phenoxy) is 1. The minimum absolute atomic E-state index is 0.00742. The lowest BCUT2D eigenvalue weighted by Crippen LogP contribution is -2.18. The highest BCUT2D eigenvalue weighted by molar-refractivity contribution is 7.91. The number of amides is 1. The topological polar surface area (TPSA) is 94.5 Å². The Labute approximate surface area is 162 Å². The van der Waals surface area contributed by atoms with E-state index in [1.165, 1.54) is 19.2 Å². The normalized spacial score (nSPS) is 11.4. The Kier molecular flexibility index (Phi) is 5.51. The quantitative estimate of drug-likeness (QED) is 0.642. The Bertz CT molecular complexity index is 1130. The third kappa shape index (κ3) is 3.91. The van der Waals surface area contributed by atoms with Crippen molar-refractivity contribution in [3.05, 3.63) is 60.3 Å². The highest BCUT2D eigenvalue weighted by Gasteiger charge is 2.17. The molecule has 1 amide bonds. The molecule has 1 heterocycles. The van der Waals surface area contributed by atoms with E-state index in [9.17, 15) is 18.0 Å². The van der Waals surface area contributed by atoms with E-state index in [0.29, 0.717) is 16.6 Å². The molecule has 2 aromatic carbocycles. The maximum absolute atomic E-state index is 12.4. The van der Waals surface area contributed by atoms with Crippen molar-refractivity contribution in [1.29, 1.82) is 0 Å². The molecule has 3 rings (SSSR count). The fourth-order valence-electron chi connectivity index (χ4n) is 2.92. The van der Waals surface area contributed by atoms with E-state index in [1.807, 2.05) is 18.2 Å². The van der Waals surface area contributed by atoms with Crippen LogP contribution in [0.15, 0.2) is 59.6 Å². The van der Waals surface area contributed by atoms with E-state index in [2.05, 4.69) is 5.32 Å². The summed E-state index contributed by atoms with van der Waals surface area (Å²) in [4.78, 5) is 24.6. The Hall–Kier alpha value is -3.13. The zero-order chi connectivity index (χ0) is 20.3. The van der Waals surface area contributed by atoms with Crippen LogP contribution in [0.3, 0.4) is 0 Å². The molecule has 7 nitrogen and oxygen atoms in total. The molecule has 1 N–H and O–H groups in total. The molecule has 0 fully saturated rings. The van der Waals surface area contributed by atoms with E-state index in [1.54, 1.807) is 35.9 Å². The molecule has 0 saturated carbocycles. The Morgan fingerprint density at radius 3 is 2.39 bits per heavy atom. The van der Waals surface area contributed by atoms with Crippen LogP contribution in [0.4, 0.5) is 5.69 Å². The highest BCUT2D eigenvalue weighted by Crippen LogP contribution is 2.22. The lowest BCUT2D eigenvalue weighted by Gasteiger charge is -2.08. The van der Waals surface area contributed by atoms with Gasteiger partial charge in [-0.3, -0.25) is 4.79 Å². The van der Waals surface area contributed by atoms with Gasteiger partial charge in [-0.05, 0) is 30.3 Å². The van der Waals surface area contributed by atoms with Crippen LogP contribution in [0.2, 0.25) is 0 Å². The van der Waals surface area contributed by atoms with Gasteiger partial charge in [0.05, 0.1) is 23.3 Å². The van der Waals surface area contributed by atoms with Gasteiger partial charge in [0, 0.05) is 22.8 Å². The maximum Gasteiger partial charge on any atom is 0.340 e. The van der Waals surface area contributed by atoms with Crippen molar-refractivity contribution in [2.24, 2.45) is 0 Å². The Balaban J connectivity index is 1.79. The summed E-state index contributed by atoms with van der Waals surface area (Å²) in [6.07, 6.45) is 1.59. The second-order valence-electron chi connectivity index (χ2n) is 6.16. The van der Waals surface area contributed by atoms with Gasteiger partial charge in [-0.15, -0.1) is 0 Å². The van der Waals surface area contributed by atoms with Crippen LogP contribution in [0.1, 0.15) is 17.3 Å². The smallest absolute Gasteiger partial charge is 0.340 e. The molecule has 0 unspecified atom stereocenters. The number of hydrogen-bond acceptors (Lipinski definition) is 5. The number of aromatic nitrogens is 1. The van der Waals surface area contributed by atoms with Crippen LogP contribution in [0.5, 0.6) is 0 Å². The molecule has 0 bridgehead atoms. The molecule has 0 radical (unpaired) electrons. The Morgan fingerprint density at radius 2 is 1.75 bits per heavy atom. The number of carbonyl (C=O) groups is 2. The molecular formula is C20H20N2O5S. The number of anilines is 1. The van der Waals surface area contributed by atoms with E-state index < -0.39 is 15.8 Å². The number of fused-ring (bicyclic) bond motifs is 1. The molecule has 0 saturated heterocycles. The van der Waals surface area contributed by atoms with Gasteiger partial charge in [0.25, 0.3) is 0 Å². The summed E-state index contributed by atoms with van der Waals surface area (Å²) >= 11 is 0. The predicted octanol–water partition coefficient (Wildman–Crippen LogP) is 2.86. The third-order valence-corrected chi connectivity index (χ3v) is 6.14. The number of hydrogen-bond donors (Lipinski definition) is 1. The van der Waals surface area contributed by atoms with Gasteiger partial charge < -0.3 is 14.6 Å². The van der Waals surface area contributed by atoms with Crippen molar-refractivity contribution in [3.63, 3.8) is 0 Å². The molecule has 3 aromatic rings. The molecule has 0 atom stereocenters. The standard InChI is InChI=1S/C20H20N2O5S/c1-3-28(25,26)15-10-8-14(9-11-15)21-19(23)13-22-12-17(20(24)27-2)16-6-4-5-7-18(16)22/h4-12H,3,13H2,1-2H3,(H,21,23). The first kappa shape index (κ1) is 19.6. The number of carbonyl (C=O) groups excluding carboxylic acids is 2. The molecule has 0 aliphatic carbocycles. The first-order valence-electron chi connectivity index (χ1n) is 8.64. The molecule has 0 aliphatic heterocycles. The van der Waals surface area contributed by atoms with Crippen LogP contribution in [0.25, 0.3) is 10.9 Å². The minimum Gasteiger partial charge on any atom is -0.465 e. The summed E-state index contributed by atoms with van der Waals surface area (Å²) in [6.45, 7) is 1.57. The number of para-hydroxylation sites is 1. The van der Waals surface area contributed by atoms with Gasteiger partial charge in [0.2, 0.25) is 5.91 Å². The zero-order valence-corrected chi connectivity index (χ0v) is 16.3. The van der Waals surface area contributed by atoms with Gasteiger partial charge in [-0.1, -0.05) is 25.1 Å². The Morgan fingerprint density at radius 1 is 1.07 bits per heavy atom. The first-order valence-corrected chi connectivity index (χ1v) is 10.3. The summed E-state index contributed by atoms with van der Waals surface area (Å²) < 4.78 is 30.2. The summed E-state index contributed by atoms with van der Waals surface area (Å²) in [6, 6.07) is 13.3. The van der Waals surface area contributed by atoms with Crippen molar-refractivity contribution < 1.29 is 22.7 Å². The van der Waals surface area contributed by atoms with E-state index in [4.69, 9.17) is 4.74 Å². The highest BCUT2D eigenvalue weighted by atomic mass is 32.2. The van der Waals surface area contributed by atoms with E-state index in [-0.39, 0.29) is 23.1 Å². The van der Waals surface area contributed by atoms with Crippen LogP contribution in [-0.2, 0) is 25.9 Å². The predicted molar refractivity (Wildman–Crippen MR) is 106 cm³/mol. The molecule has 1 aromatic heterocycles. The fraction of sp³-hybridized carbons (Fsp3) is 0.200. The van der Waals surface area contributed by atoms with Crippen LogP contribution >= 0.6 is 0 Å². The van der Waals surface area contributed by atoms with Gasteiger partial charge in [-0.2, -0.15) is 0 Å². The van der Waals surface area contributed by atoms with Crippen molar-refractivity contribution in [1.82, 2.24) is 4.57 Å². The van der Waals surface area contributed by atoms with Crippen molar-refractivity contribution in [2.75, 3.05) is 18.2 Å². The molecule has 0 spiro atoms. The SMILES string of the molecule is CCS(=O)(=O)c1ccc(NC(=O)Cn2cc(C(=O)OC)c3ccccc32)cc1. The number of rotatable bonds is 6. The van der Waals surface area contributed by atoms with Crippen molar-refractivity contribution >= 4 is 38.3 Å². The van der Waals surface area contributed by atoms with Gasteiger partial charge in [0.1, 0.15) is 6.54 Å². The second-order valence-corrected chi connectivity index (χ2v) is 8.43. The molecule has 0 aliphatic rings. The number of nitrogens with one attached hydrogen (secondary N) is 1. The lowest BCUT2D eigenvalue weighted by molar-refractivity contribution is -0.116. The fourth-order valence-corrected chi connectivity index (χ4v) is 3.80. The van der Waals surface area contributed by atoms with Crippen molar-refractivity contribution in [2.45, 2.75) is 18.4 Å². The van der Waals surface area contributed by atoms with E-state index in [0.717, 1.165) is 5.52 Å². The van der Waals surface area contributed by atoms with Crippen LogP contribution < -0.4 is 5.32 Å². The summed E-state index contributed by atoms with van der Waals surface area (Å²) in [5, 5.41) is 3.44. The van der Waals surface area contributed by atoms with Crippen molar-refractivity contribution in [3.8, 4) is 0 Å². The average molecular weight is 400 g/mol. The zero-order valence-electron chi connectivity index (χ0n) is 15.5. The molecule has 146 valence electrons. The number of sulfone groups is 1. The summed E-state index contributed by atoms with van der Waals surface area (Å²) in [7, 11) is -1.98. The number of esters is 1. The molecule has 28 heavy (non-hydrogen) atoms.